The lowest BCUT2D eigenvalue weighted by molar-refractivity contribution is -0.108. The van der Waals surface area contributed by atoms with Crippen LogP contribution < -0.4 is 10.3 Å². The van der Waals surface area contributed by atoms with Crippen molar-refractivity contribution in [1.29, 1.82) is 0 Å². The summed E-state index contributed by atoms with van der Waals surface area (Å²) in [4.78, 5) is 26.3. The van der Waals surface area contributed by atoms with Crippen molar-refractivity contribution in [3.63, 3.8) is 0 Å². The van der Waals surface area contributed by atoms with E-state index in [1.54, 1.807) is 12.1 Å². The first-order valence-corrected chi connectivity index (χ1v) is 8.64. The molecule has 0 aliphatic carbocycles. The molecule has 5 heteroatoms. The van der Waals surface area contributed by atoms with Gasteiger partial charge in [-0.15, -0.1) is 0 Å². The van der Waals surface area contributed by atoms with E-state index in [2.05, 4.69) is 13.8 Å². The standard InChI is InChI=1S/C20H21ClN2O2/c1-12(2)13-5-6-14-17(11-13)23(9-10-24)18-15(20(14)25)7-8-16(21)19(18)22(3)4/h5-8,10-12H,9H2,1-4H3. The molecule has 2 aromatic carbocycles. The average Bonchev–Trinajstić information content (AvgIpc) is 2.57. The summed E-state index contributed by atoms with van der Waals surface area (Å²) in [7, 11) is 3.76. The Labute approximate surface area is 151 Å². The van der Waals surface area contributed by atoms with Crippen LogP contribution in [0, 0.1) is 0 Å². The molecular formula is C20H21ClN2O2. The Bertz CT molecular complexity index is 1040. The molecule has 3 aromatic rings. The molecule has 4 nitrogen and oxygen atoms in total. The van der Waals surface area contributed by atoms with E-state index < -0.39 is 0 Å². The number of rotatable bonds is 4. The van der Waals surface area contributed by atoms with Gasteiger partial charge in [0.2, 0.25) is 0 Å². The van der Waals surface area contributed by atoms with Crippen LogP contribution in [0.25, 0.3) is 21.8 Å². The van der Waals surface area contributed by atoms with Crippen molar-refractivity contribution < 1.29 is 4.79 Å². The molecule has 0 aliphatic heterocycles. The number of hydrogen-bond donors (Lipinski definition) is 0. The molecule has 3 rings (SSSR count). The Hall–Kier alpha value is -2.33. The van der Waals surface area contributed by atoms with Gasteiger partial charge in [0.15, 0.2) is 5.43 Å². The molecule has 1 aromatic heterocycles. The molecule has 0 saturated carbocycles. The largest absolute Gasteiger partial charge is 0.375 e. The number of aldehydes is 1. The Morgan fingerprint density at radius 2 is 1.84 bits per heavy atom. The Balaban J connectivity index is 2.61. The highest BCUT2D eigenvalue weighted by Gasteiger charge is 2.18. The Kier molecular flexibility index (Phi) is 4.56. The maximum absolute atomic E-state index is 13.0. The van der Waals surface area contributed by atoms with Crippen LogP contribution in [0.2, 0.25) is 5.02 Å². The number of carbonyl (C=O) groups is 1. The van der Waals surface area contributed by atoms with Gasteiger partial charge < -0.3 is 14.3 Å². The van der Waals surface area contributed by atoms with Gasteiger partial charge in [-0.3, -0.25) is 4.79 Å². The molecule has 0 saturated heterocycles. The fourth-order valence-electron chi connectivity index (χ4n) is 3.29. The van der Waals surface area contributed by atoms with Gasteiger partial charge in [0.1, 0.15) is 6.29 Å². The number of benzene rings is 2. The van der Waals surface area contributed by atoms with Crippen molar-refractivity contribution in [2.45, 2.75) is 26.3 Å². The van der Waals surface area contributed by atoms with Gasteiger partial charge >= 0.3 is 0 Å². The van der Waals surface area contributed by atoms with Crippen molar-refractivity contribution >= 4 is 45.4 Å². The predicted octanol–water partition coefficient (Wildman–Crippen LogP) is 4.20. The molecule has 0 radical (unpaired) electrons. The zero-order valence-electron chi connectivity index (χ0n) is 14.8. The summed E-state index contributed by atoms with van der Waals surface area (Å²) >= 11 is 6.41. The molecule has 0 fully saturated rings. The minimum Gasteiger partial charge on any atom is -0.375 e. The van der Waals surface area contributed by atoms with Crippen molar-refractivity contribution in [1.82, 2.24) is 4.57 Å². The Morgan fingerprint density at radius 3 is 2.44 bits per heavy atom. The molecule has 0 spiro atoms. The highest BCUT2D eigenvalue weighted by atomic mass is 35.5. The van der Waals surface area contributed by atoms with Crippen LogP contribution in [-0.4, -0.2) is 24.9 Å². The van der Waals surface area contributed by atoms with E-state index in [1.807, 2.05) is 41.8 Å². The van der Waals surface area contributed by atoms with Gasteiger partial charge in [-0.05, 0) is 35.7 Å². The molecule has 0 amide bonds. The normalized spacial score (nSPS) is 11.4. The van der Waals surface area contributed by atoms with E-state index in [9.17, 15) is 9.59 Å². The van der Waals surface area contributed by atoms with Crippen molar-refractivity contribution in [3.05, 3.63) is 51.1 Å². The van der Waals surface area contributed by atoms with Crippen molar-refractivity contribution in [3.8, 4) is 0 Å². The maximum Gasteiger partial charge on any atom is 0.197 e. The number of halogens is 1. The molecule has 25 heavy (non-hydrogen) atoms. The number of aromatic nitrogens is 1. The summed E-state index contributed by atoms with van der Waals surface area (Å²) in [5, 5.41) is 1.74. The van der Waals surface area contributed by atoms with Crippen molar-refractivity contribution in [2.24, 2.45) is 0 Å². The van der Waals surface area contributed by atoms with Crippen LogP contribution in [0.3, 0.4) is 0 Å². The summed E-state index contributed by atoms with van der Waals surface area (Å²) in [6.07, 6.45) is 0.853. The van der Waals surface area contributed by atoms with E-state index in [1.165, 1.54) is 0 Å². The van der Waals surface area contributed by atoms with Gasteiger partial charge in [-0.2, -0.15) is 0 Å². The topological polar surface area (TPSA) is 42.3 Å². The second-order valence-corrected chi connectivity index (χ2v) is 7.13. The van der Waals surface area contributed by atoms with Crippen LogP contribution in [0.4, 0.5) is 5.69 Å². The van der Waals surface area contributed by atoms with Crippen molar-refractivity contribution in [2.75, 3.05) is 19.0 Å². The SMILES string of the molecule is CC(C)c1ccc2c(=O)c3ccc(Cl)c(N(C)C)c3n(CC=O)c2c1. The van der Waals surface area contributed by atoms with Crippen LogP contribution in [-0.2, 0) is 11.3 Å². The van der Waals surface area contributed by atoms with Crippen LogP contribution in [0.15, 0.2) is 35.1 Å². The summed E-state index contributed by atoms with van der Waals surface area (Å²) < 4.78 is 1.90. The third kappa shape index (κ3) is 2.81. The molecule has 0 aliphatic rings. The molecule has 1 heterocycles. The number of fused-ring (bicyclic) bond motifs is 2. The summed E-state index contributed by atoms with van der Waals surface area (Å²) in [5.41, 5.74) is 3.29. The number of anilines is 1. The minimum absolute atomic E-state index is 0.0396. The lowest BCUT2D eigenvalue weighted by Gasteiger charge is -2.22. The first-order chi connectivity index (χ1) is 11.9. The first-order valence-electron chi connectivity index (χ1n) is 8.26. The lowest BCUT2D eigenvalue weighted by atomic mass is 9.99. The number of nitrogens with zero attached hydrogens (tertiary/aromatic N) is 2. The quantitative estimate of drug-likeness (QED) is 0.520. The third-order valence-corrected chi connectivity index (χ3v) is 4.85. The van der Waals surface area contributed by atoms with Crippen LogP contribution in [0.1, 0.15) is 25.3 Å². The van der Waals surface area contributed by atoms with Crippen LogP contribution in [0.5, 0.6) is 0 Å². The minimum atomic E-state index is -0.0396. The second-order valence-electron chi connectivity index (χ2n) is 6.72. The third-order valence-electron chi connectivity index (χ3n) is 4.54. The molecule has 0 atom stereocenters. The number of hydrogen-bond acceptors (Lipinski definition) is 3. The number of carbonyl (C=O) groups excluding carboxylic acids is 1. The monoisotopic (exact) mass is 356 g/mol. The van der Waals surface area contributed by atoms with Gasteiger partial charge in [0.25, 0.3) is 0 Å². The fourth-order valence-corrected chi connectivity index (χ4v) is 3.61. The number of pyridine rings is 1. The maximum atomic E-state index is 13.0. The second kappa shape index (κ2) is 6.52. The fraction of sp³-hybridized carbons (Fsp3) is 0.300. The van der Waals surface area contributed by atoms with Gasteiger partial charge in [0.05, 0.1) is 28.3 Å². The first kappa shape index (κ1) is 17.5. The van der Waals surface area contributed by atoms with E-state index in [4.69, 9.17) is 11.6 Å². The summed E-state index contributed by atoms with van der Waals surface area (Å²) in [6, 6.07) is 9.32. The van der Waals surface area contributed by atoms with E-state index in [0.29, 0.717) is 27.2 Å². The highest BCUT2D eigenvalue weighted by Crippen LogP contribution is 2.34. The molecule has 0 unspecified atom stereocenters. The molecular weight excluding hydrogens is 336 g/mol. The van der Waals surface area contributed by atoms with Gasteiger partial charge in [0, 0.05) is 24.9 Å². The summed E-state index contributed by atoms with van der Waals surface area (Å²) in [5.74, 6) is 0.326. The average molecular weight is 357 g/mol. The zero-order chi connectivity index (χ0) is 18.3. The predicted molar refractivity (Wildman–Crippen MR) is 105 cm³/mol. The lowest BCUT2D eigenvalue weighted by Crippen LogP contribution is -2.18. The van der Waals surface area contributed by atoms with Gasteiger partial charge in [-0.1, -0.05) is 31.5 Å². The van der Waals surface area contributed by atoms with Crippen LogP contribution >= 0.6 is 11.6 Å². The molecule has 0 N–H and O–H groups in total. The van der Waals surface area contributed by atoms with Gasteiger partial charge in [-0.25, -0.2) is 0 Å². The van der Waals surface area contributed by atoms with E-state index in [0.717, 1.165) is 23.1 Å². The Morgan fingerprint density at radius 1 is 1.16 bits per heavy atom. The van der Waals surface area contributed by atoms with E-state index >= 15 is 0 Å². The zero-order valence-corrected chi connectivity index (χ0v) is 15.6. The summed E-state index contributed by atoms with van der Waals surface area (Å²) in [6.45, 7) is 4.37. The van der Waals surface area contributed by atoms with E-state index in [-0.39, 0.29) is 12.0 Å². The molecule has 0 bridgehead atoms. The highest BCUT2D eigenvalue weighted by molar-refractivity contribution is 6.35. The molecule has 130 valence electrons. The smallest absolute Gasteiger partial charge is 0.197 e.